The first-order chi connectivity index (χ1) is 31.7. The smallest absolute Gasteiger partial charge is 0.145 e. The van der Waals surface area contributed by atoms with Gasteiger partial charge in [0.2, 0.25) is 0 Å². The predicted octanol–water partition coefficient (Wildman–Crippen LogP) is 17.5. The van der Waals surface area contributed by atoms with Gasteiger partial charge in [0.25, 0.3) is 0 Å². The summed E-state index contributed by atoms with van der Waals surface area (Å²) < 4.78 is 12.0. The van der Waals surface area contributed by atoms with Crippen LogP contribution < -0.4 is 4.90 Å². The van der Waals surface area contributed by atoms with Crippen LogP contribution in [0.25, 0.3) is 103 Å². The molecule has 13 rings (SSSR count). The maximum Gasteiger partial charge on any atom is 0.145 e. The summed E-state index contributed by atoms with van der Waals surface area (Å²) in [6, 6.07) is 83.3. The van der Waals surface area contributed by atoms with Crippen molar-refractivity contribution in [2.24, 2.45) is 0 Å². The third-order valence-corrected chi connectivity index (χ3v) is 13.9. The molecule has 4 heteroatoms. The van der Waals surface area contributed by atoms with E-state index < -0.39 is 0 Å². The largest absolute Gasteiger partial charge is 0.455 e. The zero-order valence-corrected chi connectivity index (χ0v) is 35.5. The summed E-state index contributed by atoms with van der Waals surface area (Å²) >= 11 is 1.86. The Morgan fingerprint density at radius 2 is 0.922 bits per heavy atom. The molecule has 3 nitrogen and oxygen atoms in total. The van der Waals surface area contributed by atoms with Gasteiger partial charge in [-0.3, -0.25) is 0 Å². The van der Waals surface area contributed by atoms with E-state index in [1.54, 1.807) is 0 Å². The second kappa shape index (κ2) is 14.7. The van der Waals surface area contributed by atoms with Gasteiger partial charge in [0.15, 0.2) is 0 Å². The molecule has 0 amide bonds. The quantitative estimate of drug-likeness (QED) is 0.159. The van der Waals surface area contributed by atoms with Crippen LogP contribution in [-0.4, -0.2) is 4.57 Å². The zero-order chi connectivity index (χ0) is 42.1. The molecule has 0 saturated carbocycles. The summed E-state index contributed by atoms with van der Waals surface area (Å²) in [6.07, 6.45) is 0. The van der Waals surface area contributed by atoms with Crippen LogP contribution in [0.1, 0.15) is 0 Å². The van der Waals surface area contributed by atoms with E-state index in [0.717, 1.165) is 72.5 Å². The number of benzene rings is 10. The Hall–Kier alpha value is -8.18. The molecule has 13 aromatic rings. The SMILES string of the molecule is c1ccc(-c2ccc3c(c2)oc2c(-c4ccccc4)ccc(N(c4ccc5c(c4)sc4cc(-c6ccccc6)ccc45)c4ccc5c6ccccc6n(-c6ccccc6)c5c4)c23)cc1. The van der Waals surface area contributed by atoms with Gasteiger partial charge in [0.05, 0.1) is 22.1 Å². The van der Waals surface area contributed by atoms with Crippen LogP contribution >= 0.6 is 11.3 Å². The molecule has 0 radical (unpaired) electrons. The molecule has 3 aromatic heterocycles. The summed E-state index contributed by atoms with van der Waals surface area (Å²) in [5.74, 6) is 0. The Balaban J connectivity index is 1.09. The van der Waals surface area contributed by atoms with Crippen LogP contribution in [0.4, 0.5) is 17.1 Å². The number of fused-ring (bicyclic) bond motifs is 9. The van der Waals surface area contributed by atoms with Gasteiger partial charge in [-0.1, -0.05) is 158 Å². The topological polar surface area (TPSA) is 21.3 Å². The second-order valence-corrected chi connectivity index (χ2v) is 17.5. The Labute approximate surface area is 373 Å². The fraction of sp³-hybridized carbons (Fsp3) is 0. The molecule has 0 aliphatic rings. The molecule has 0 atom stereocenters. The lowest BCUT2D eigenvalue weighted by Crippen LogP contribution is -2.10. The number of para-hydroxylation sites is 2. The van der Waals surface area contributed by atoms with Gasteiger partial charge >= 0.3 is 0 Å². The second-order valence-electron chi connectivity index (χ2n) is 16.5. The summed E-state index contributed by atoms with van der Waals surface area (Å²) in [6.45, 7) is 0. The van der Waals surface area contributed by atoms with E-state index in [1.807, 2.05) is 11.3 Å². The van der Waals surface area contributed by atoms with Crippen LogP contribution in [0.3, 0.4) is 0 Å². The first-order valence-corrected chi connectivity index (χ1v) is 22.6. The van der Waals surface area contributed by atoms with Crippen molar-refractivity contribution in [3.05, 3.63) is 231 Å². The van der Waals surface area contributed by atoms with Gasteiger partial charge in [-0.2, -0.15) is 0 Å². The maximum absolute atomic E-state index is 7.08. The lowest BCUT2D eigenvalue weighted by atomic mass is 9.98. The highest BCUT2D eigenvalue weighted by Crippen LogP contribution is 2.49. The van der Waals surface area contributed by atoms with Gasteiger partial charge in [0, 0.05) is 59.0 Å². The fourth-order valence-corrected chi connectivity index (χ4v) is 11.0. The number of rotatable bonds is 7. The van der Waals surface area contributed by atoms with Crippen LogP contribution in [0.5, 0.6) is 0 Å². The van der Waals surface area contributed by atoms with Crippen LogP contribution in [0, 0.1) is 0 Å². The van der Waals surface area contributed by atoms with E-state index in [4.69, 9.17) is 4.42 Å². The molecule has 0 N–H and O–H groups in total. The number of hydrogen-bond acceptors (Lipinski definition) is 3. The van der Waals surface area contributed by atoms with Crippen LogP contribution in [0.15, 0.2) is 235 Å². The monoisotopic (exact) mass is 834 g/mol. The van der Waals surface area contributed by atoms with E-state index in [9.17, 15) is 0 Å². The molecule has 0 bridgehead atoms. The van der Waals surface area contributed by atoms with Crippen molar-refractivity contribution in [2.75, 3.05) is 4.90 Å². The Morgan fingerprint density at radius 1 is 0.375 bits per heavy atom. The lowest BCUT2D eigenvalue weighted by molar-refractivity contribution is 0.670. The molecule has 0 spiro atoms. The minimum Gasteiger partial charge on any atom is -0.455 e. The highest BCUT2D eigenvalue weighted by Gasteiger charge is 2.24. The Kier molecular flexibility index (Phi) is 8.40. The standard InChI is InChI=1S/C60H38N2OS/c1-5-15-39(16-6-1)42-26-30-52-56(35-42)63-60-47(41-19-9-3-10-20-41)33-34-54(59(52)60)61(45-27-31-49-48-23-13-14-24-53(48)62(55(49)37-45)44-21-11-4-12-22-44)46-28-32-51-50-29-25-43(40-17-7-2-8-18-40)36-57(50)64-58(51)38-46/h1-38H. The molecular formula is C60H38N2OS. The molecule has 64 heavy (non-hydrogen) atoms. The molecule has 0 saturated heterocycles. The highest BCUT2D eigenvalue weighted by atomic mass is 32.1. The summed E-state index contributed by atoms with van der Waals surface area (Å²) in [5, 5.41) is 7.12. The molecule has 0 aliphatic carbocycles. The first-order valence-electron chi connectivity index (χ1n) is 21.7. The minimum atomic E-state index is 0.856. The fourth-order valence-electron chi connectivity index (χ4n) is 9.80. The van der Waals surface area contributed by atoms with Crippen molar-refractivity contribution < 1.29 is 4.42 Å². The number of hydrogen-bond donors (Lipinski definition) is 0. The molecule has 0 unspecified atom stereocenters. The van der Waals surface area contributed by atoms with Gasteiger partial charge in [-0.15, -0.1) is 11.3 Å². The van der Waals surface area contributed by atoms with Crippen LogP contribution in [-0.2, 0) is 0 Å². The summed E-state index contributed by atoms with van der Waals surface area (Å²) in [7, 11) is 0. The number of anilines is 3. The zero-order valence-electron chi connectivity index (χ0n) is 34.7. The predicted molar refractivity (Wildman–Crippen MR) is 272 cm³/mol. The van der Waals surface area contributed by atoms with Crippen molar-refractivity contribution in [2.45, 2.75) is 0 Å². The molecule has 10 aromatic carbocycles. The van der Waals surface area contributed by atoms with E-state index in [1.165, 1.54) is 47.6 Å². The average Bonchev–Trinajstić information content (AvgIpc) is 4.04. The van der Waals surface area contributed by atoms with Crippen molar-refractivity contribution in [3.8, 4) is 39.1 Å². The minimum absolute atomic E-state index is 0.856. The van der Waals surface area contributed by atoms with Gasteiger partial charge < -0.3 is 13.9 Å². The lowest BCUT2D eigenvalue weighted by Gasteiger charge is -2.27. The van der Waals surface area contributed by atoms with Crippen molar-refractivity contribution >= 4 is 92.3 Å². The highest BCUT2D eigenvalue weighted by molar-refractivity contribution is 7.25. The summed E-state index contributed by atoms with van der Waals surface area (Å²) in [4.78, 5) is 2.45. The Bertz CT molecular complexity index is 3890. The molecule has 300 valence electrons. The van der Waals surface area contributed by atoms with Gasteiger partial charge in [0.1, 0.15) is 11.2 Å². The van der Waals surface area contributed by atoms with Gasteiger partial charge in [-0.05, 0) is 101 Å². The number of thiophene rings is 1. The normalized spacial score (nSPS) is 11.8. The van der Waals surface area contributed by atoms with E-state index >= 15 is 0 Å². The first kappa shape index (κ1) is 36.5. The van der Waals surface area contributed by atoms with E-state index in [-0.39, 0.29) is 0 Å². The van der Waals surface area contributed by atoms with Crippen LogP contribution in [0.2, 0.25) is 0 Å². The van der Waals surface area contributed by atoms with E-state index in [0.29, 0.717) is 0 Å². The summed E-state index contributed by atoms with van der Waals surface area (Å²) in [5.41, 5.74) is 15.3. The number of furan rings is 1. The third kappa shape index (κ3) is 5.88. The number of nitrogens with zero attached hydrogens (tertiary/aromatic N) is 2. The van der Waals surface area contributed by atoms with E-state index in [2.05, 4.69) is 240 Å². The molecule has 0 fully saturated rings. The molecule has 3 heterocycles. The maximum atomic E-state index is 7.08. The van der Waals surface area contributed by atoms with Gasteiger partial charge in [-0.25, -0.2) is 0 Å². The van der Waals surface area contributed by atoms with Crippen molar-refractivity contribution in [1.29, 1.82) is 0 Å². The Morgan fingerprint density at radius 3 is 1.64 bits per heavy atom. The van der Waals surface area contributed by atoms with Crippen molar-refractivity contribution in [1.82, 2.24) is 4.57 Å². The van der Waals surface area contributed by atoms with Crippen molar-refractivity contribution in [3.63, 3.8) is 0 Å². The average molecular weight is 835 g/mol. The third-order valence-electron chi connectivity index (χ3n) is 12.8. The molecule has 0 aliphatic heterocycles. The number of aromatic nitrogens is 1. The molecular weight excluding hydrogens is 797 g/mol.